The lowest BCUT2D eigenvalue weighted by Crippen LogP contribution is -2.46. The van der Waals surface area contributed by atoms with E-state index in [1.54, 1.807) is 0 Å². The lowest BCUT2D eigenvalue weighted by atomic mass is 9.97. The van der Waals surface area contributed by atoms with E-state index in [9.17, 15) is 31.1 Å². The molecule has 2 aromatic heterocycles. The molecular weight excluding hydrogens is 502 g/mol. The first-order chi connectivity index (χ1) is 15.9. The van der Waals surface area contributed by atoms with Crippen LogP contribution < -0.4 is 10.6 Å². The first kappa shape index (κ1) is 26.5. The van der Waals surface area contributed by atoms with Gasteiger partial charge in [0.05, 0.1) is 34.5 Å². The van der Waals surface area contributed by atoms with Crippen molar-refractivity contribution in [2.24, 2.45) is 0 Å². The van der Waals surface area contributed by atoms with Gasteiger partial charge in [-0.3, -0.25) is 4.90 Å². The number of piperidine rings is 1. The van der Waals surface area contributed by atoms with Gasteiger partial charge >= 0.3 is 18.4 Å². The standard InChI is InChI=1S/C21H20F6N6O.ClH/c1-33-7-6-12(29-19(34)30-13-3-5-17(28-10-13)21(25,26)27)9-16(33)18-31-14-4-2-11(20(22,23)24)8-15(14)32-18;/h2-5,8,10,12,16H,6-7,9H2,1H3,(H,31,32)(H2,29,30,34);1H/t12-,16-;/m1./s1. The number of nitrogens with one attached hydrogen (secondary N) is 3. The molecular formula is C21H21ClF6N6O. The number of H-pyrrole nitrogens is 1. The van der Waals surface area contributed by atoms with Crippen LogP contribution in [0.3, 0.4) is 0 Å². The molecule has 4 rings (SSSR count). The number of benzene rings is 1. The zero-order valence-corrected chi connectivity index (χ0v) is 19.0. The largest absolute Gasteiger partial charge is 0.433 e. The van der Waals surface area contributed by atoms with E-state index in [0.717, 1.165) is 30.5 Å². The molecule has 7 nitrogen and oxygen atoms in total. The van der Waals surface area contributed by atoms with Crippen molar-refractivity contribution in [1.29, 1.82) is 0 Å². The maximum Gasteiger partial charge on any atom is 0.433 e. The monoisotopic (exact) mass is 522 g/mol. The number of amides is 2. The molecule has 0 spiro atoms. The summed E-state index contributed by atoms with van der Waals surface area (Å²) in [5.74, 6) is 0.482. The number of likely N-dealkylation sites (tertiary alicyclic amines) is 1. The molecule has 35 heavy (non-hydrogen) atoms. The van der Waals surface area contributed by atoms with E-state index in [4.69, 9.17) is 0 Å². The van der Waals surface area contributed by atoms with Gasteiger partial charge < -0.3 is 15.6 Å². The molecule has 3 aromatic rings. The fourth-order valence-electron chi connectivity index (χ4n) is 3.89. The molecule has 1 fully saturated rings. The number of carbonyl (C=O) groups is 1. The van der Waals surface area contributed by atoms with Gasteiger partial charge in [0.25, 0.3) is 0 Å². The van der Waals surface area contributed by atoms with Crippen LogP contribution in [0.1, 0.15) is 36.0 Å². The highest BCUT2D eigenvalue weighted by atomic mass is 35.5. The quantitative estimate of drug-likeness (QED) is 0.403. The van der Waals surface area contributed by atoms with Crippen LogP contribution in [0, 0.1) is 0 Å². The number of rotatable bonds is 3. The van der Waals surface area contributed by atoms with E-state index in [1.165, 1.54) is 6.07 Å². The molecule has 0 radical (unpaired) electrons. The fraction of sp³-hybridized carbons (Fsp3) is 0.381. The summed E-state index contributed by atoms with van der Waals surface area (Å²) in [5, 5.41) is 5.23. The third-order valence-electron chi connectivity index (χ3n) is 5.66. The van der Waals surface area contributed by atoms with Gasteiger partial charge in [-0.15, -0.1) is 12.4 Å². The molecule has 3 N–H and O–H groups in total. The molecule has 0 unspecified atom stereocenters. The molecule has 3 heterocycles. The summed E-state index contributed by atoms with van der Waals surface area (Å²) in [4.78, 5) is 25.0. The number of pyridine rings is 1. The third-order valence-corrected chi connectivity index (χ3v) is 5.66. The van der Waals surface area contributed by atoms with Crippen molar-refractivity contribution in [2.45, 2.75) is 37.3 Å². The Hall–Kier alpha value is -3.06. The number of urea groups is 1. The molecule has 1 aliphatic heterocycles. The average Bonchev–Trinajstić information content (AvgIpc) is 3.17. The minimum absolute atomic E-state index is 0. The number of halogens is 7. The van der Waals surface area contributed by atoms with Gasteiger partial charge in [-0.2, -0.15) is 26.3 Å². The zero-order chi connectivity index (χ0) is 24.7. The second-order valence-electron chi connectivity index (χ2n) is 8.10. The summed E-state index contributed by atoms with van der Waals surface area (Å²) >= 11 is 0. The molecule has 0 bridgehead atoms. The van der Waals surface area contributed by atoms with E-state index in [1.807, 2.05) is 11.9 Å². The summed E-state index contributed by atoms with van der Waals surface area (Å²) in [5.41, 5.74) is -1.07. The molecule has 1 aromatic carbocycles. The van der Waals surface area contributed by atoms with Crippen LogP contribution in [0.25, 0.3) is 11.0 Å². The smallest absolute Gasteiger partial charge is 0.341 e. The molecule has 2 amide bonds. The number of imidazole rings is 1. The first-order valence-corrected chi connectivity index (χ1v) is 10.3. The van der Waals surface area contributed by atoms with Crippen LogP contribution in [-0.2, 0) is 12.4 Å². The van der Waals surface area contributed by atoms with Crippen LogP contribution in [0.15, 0.2) is 36.5 Å². The Morgan fingerprint density at radius 2 is 1.86 bits per heavy atom. The number of aromatic nitrogens is 3. The van der Waals surface area contributed by atoms with Gasteiger partial charge in [0.1, 0.15) is 11.5 Å². The third kappa shape index (κ3) is 6.14. The number of fused-ring (bicyclic) bond motifs is 1. The lowest BCUT2D eigenvalue weighted by molar-refractivity contribution is -0.141. The average molecular weight is 523 g/mol. The minimum atomic E-state index is -4.57. The Balaban J connectivity index is 0.00000342. The minimum Gasteiger partial charge on any atom is -0.341 e. The molecule has 190 valence electrons. The van der Waals surface area contributed by atoms with E-state index >= 15 is 0 Å². The first-order valence-electron chi connectivity index (χ1n) is 10.3. The second-order valence-corrected chi connectivity index (χ2v) is 8.10. The highest BCUT2D eigenvalue weighted by Gasteiger charge is 2.33. The highest BCUT2D eigenvalue weighted by Crippen LogP contribution is 2.33. The van der Waals surface area contributed by atoms with Crippen molar-refractivity contribution in [2.75, 3.05) is 18.9 Å². The Labute approximate surface area is 201 Å². The molecule has 1 saturated heterocycles. The van der Waals surface area contributed by atoms with Crippen molar-refractivity contribution in [3.8, 4) is 0 Å². The number of aromatic amines is 1. The molecule has 14 heteroatoms. The van der Waals surface area contributed by atoms with Crippen molar-refractivity contribution < 1.29 is 31.1 Å². The highest BCUT2D eigenvalue weighted by molar-refractivity contribution is 5.89. The molecule has 0 aliphatic carbocycles. The van der Waals surface area contributed by atoms with Crippen molar-refractivity contribution in [3.63, 3.8) is 0 Å². The maximum absolute atomic E-state index is 13.0. The van der Waals surface area contributed by atoms with Crippen molar-refractivity contribution >= 4 is 35.2 Å². The van der Waals surface area contributed by atoms with E-state index in [0.29, 0.717) is 30.7 Å². The lowest BCUT2D eigenvalue weighted by Gasteiger charge is -2.36. The van der Waals surface area contributed by atoms with Crippen LogP contribution in [-0.4, -0.2) is 45.5 Å². The normalized spacial score (nSPS) is 19.3. The van der Waals surface area contributed by atoms with E-state index in [2.05, 4.69) is 25.6 Å². The summed E-state index contributed by atoms with van der Waals surface area (Å²) < 4.78 is 76.8. The van der Waals surface area contributed by atoms with Gasteiger partial charge in [0, 0.05) is 12.6 Å². The number of alkyl halides is 6. The SMILES string of the molecule is CN1CC[C@@H](NC(=O)Nc2ccc(C(F)(F)F)nc2)C[C@@H]1c1nc2ccc(C(F)(F)F)cc2[nH]1.Cl. The van der Waals surface area contributed by atoms with Crippen LogP contribution >= 0.6 is 12.4 Å². The number of hydrogen-bond donors (Lipinski definition) is 3. The van der Waals surface area contributed by atoms with Gasteiger partial charge in [-0.1, -0.05) is 0 Å². The summed E-state index contributed by atoms with van der Waals surface area (Å²) in [7, 11) is 1.85. The Kier molecular flexibility index (Phi) is 7.50. The van der Waals surface area contributed by atoms with Crippen LogP contribution in [0.4, 0.5) is 36.8 Å². The van der Waals surface area contributed by atoms with E-state index in [-0.39, 0.29) is 35.7 Å². The predicted molar refractivity (Wildman–Crippen MR) is 118 cm³/mol. The Morgan fingerprint density at radius 1 is 1.11 bits per heavy atom. The molecule has 2 atom stereocenters. The Bertz CT molecular complexity index is 1180. The van der Waals surface area contributed by atoms with Gasteiger partial charge in [0.15, 0.2) is 0 Å². The summed E-state index contributed by atoms with van der Waals surface area (Å²) in [6, 6.07) is 4.00. The summed E-state index contributed by atoms with van der Waals surface area (Å²) in [6.07, 6.45) is -7.09. The van der Waals surface area contributed by atoms with Crippen LogP contribution in [0.5, 0.6) is 0 Å². The van der Waals surface area contributed by atoms with Crippen molar-refractivity contribution in [1.82, 2.24) is 25.2 Å². The molecule has 1 aliphatic rings. The number of anilines is 1. The number of hydrogen-bond acceptors (Lipinski definition) is 4. The second kappa shape index (κ2) is 9.90. The maximum atomic E-state index is 13.0. The van der Waals surface area contributed by atoms with Crippen molar-refractivity contribution in [3.05, 3.63) is 53.6 Å². The zero-order valence-electron chi connectivity index (χ0n) is 18.2. The Morgan fingerprint density at radius 3 is 2.49 bits per heavy atom. The molecule has 0 saturated carbocycles. The summed E-state index contributed by atoms with van der Waals surface area (Å²) in [6.45, 7) is 0.586. The van der Waals surface area contributed by atoms with Crippen LogP contribution in [0.2, 0.25) is 0 Å². The fourth-order valence-corrected chi connectivity index (χ4v) is 3.89. The number of carbonyl (C=O) groups excluding carboxylic acids is 1. The topological polar surface area (TPSA) is 85.9 Å². The van der Waals surface area contributed by atoms with Gasteiger partial charge in [-0.05, 0) is 50.2 Å². The number of nitrogens with zero attached hydrogens (tertiary/aromatic N) is 3. The van der Waals surface area contributed by atoms with E-state index < -0.39 is 29.6 Å². The van der Waals surface area contributed by atoms with Gasteiger partial charge in [-0.25, -0.2) is 14.8 Å². The van der Waals surface area contributed by atoms with Gasteiger partial charge in [0.2, 0.25) is 0 Å². The predicted octanol–water partition coefficient (Wildman–Crippen LogP) is 5.37.